The predicted octanol–water partition coefficient (Wildman–Crippen LogP) is 2.35. The van der Waals surface area contributed by atoms with Crippen LogP contribution in [0.4, 0.5) is 0 Å². The van der Waals surface area contributed by atoms with Gasteiger partial charge in [0.25, 0.3) is 0 Å². The normalized spacial score (nSPS) is 10.3. The molecule has 0 aliphatic heterocycles. The zero-order chi connectivity index (χ0) is 9.68. The zero-order valence-corrected chi connectivity index (χ0v) is 8.93. The van der Waals surface area contributed by atoms with Gasteiger partial charge < -0.3 is 4.57 Å². The molecule has 0 aliphatic carbocycles. The first kappa shape index (κ1) is 10.4. The van der Waals surface area contributed by atoms with E-state index in [-0.39, 0.29) is 5.78 Å². The van der Waals surface area contributed by atoms with Gasteiger partial charge in [0.1, 0.15) is 0 Å². The molecule has 1 aromatic rings. The fourth-order valence-electron chi connectivity index (χ4n) is 1.06. The van der Waals surface area contributed by atoms with Crippen molar-refractivity contribution in [2.45, 2.75) is 13.3 Å². The van der Waals surface area contributed by atoms with Gasteiger partial charge in [-0.2, -0.15) is 11.8 Å². The number of carbonyl (C=O) groups is 1. The summed E-state index contributed by atoms with van der Waals surface area (Å²) in [5.74, 6) is 1.91. The van der Waals surface area contributed by atoms with Crippen molar-refractivity contribution >= 4 is 17.5 Å². The minimum absolute atomic E-state index is 0.235. The standard InChI is InChI=1S/C10H15NOS/c1-3-6-13-8-10(12)9-4-5-11(2)7-9/h4-5,7H,3,6,8H2,1-2H3. The van der Waals surface area contributed by atoms with Crippen LogP contribution < -0.4 is 0 Å². The van der Waals surface area contributed by atoms with Crippen LogP contribution in [0.3, 0.4) is 0 Å². The zero-order valence-electron chi connectivity index (χ0n) is 8.12. The fraction of sp³-hybridized carbons (Fsp3) is 0.500. The second-order valence-electron chi connectivity index (χ2n) is 3.04. The van der Waals surface area contributed by atoms with Gasteiger partial charge >= 0.3 is 0 Å². The average molecular weight is 197 g/mol. The summed E-state index contributed by atoms with van der Waals surface area (Å²) in [6.45, 7) is 2.12. The molecule has 3 heteroatoms. The first-order valence-electron chi connectivity index (χ1n) is 4.47. The summed E-state index contributed by atoms with van der Waals surface area (Å²) in [7, 11) is 1.93. The molecule has 0 unspecified atom stereocenters. The third-order valence-electron chi connectivity index (χ3n) is 1.74. The molecule has 0 atom stereocenters. The first-order chi connectivity index (χ1) is 6.24. The maximum atomic E-state index is 11.5. The quantitative estimate of drug-likeness (QED) is 0.534. The molecule has 1 aromatic heterocycles. The van der Waals surface area contributed by atoms with Crippen molar-refractivity contribution in [2.24, 2.45) is 7.05 Å². The number of ketones is 1. The SMILES string of the molecule is CCCSCC(=O)c1ccn(C)c1. The lowest BCUT2D eigenvalue weighted by molar-refractivity contribution is 0.102. The number of aromatic nitrogens is 1. The van der Waals surface area contributed by atoms with Crippen molar-refractivity contribution in [1.29, 1.82) is 0 Å². The number of rotatable bonds is 5. The van der Waals surface area contributed by atoms with E-state index in [0.717, 1.165) is 17.7 Å². The summed E-state index contributed by atoms with van der Waals surface area (Å²) >= 11 is 1.71. The number of hydrogen-bond donors (Lipinski definition) is 0. The molecule has 2 nitrogen and oxygen atoms in total. The Hall–Kier alpha value is -0.700. The van der Waals surface area contributed by atoms with E-state index in [2.05, 4.69) is 6.92 Å². The van der Waals surface area contributed by atoms with E-state index in [9.17, 15) is 4.79 Å². The van der Waals surface area contributed by atoms with Crippen LogP contribution in [0, 0.1) is 0 Å². The molecule has 0 aliphatic rings. The van der Waals surface area contributed by atoms with Crippen LogP contribution in [-0.2, 0) is 7.05 Å². The second-order valence-corrected chi connectivity index (χ2v) is 4.15. The van der Waals surface area contributed by atoms with Crippen LogP contribution in [0.15, 0.2) is 18.5 Å². The van der Waals surface area contributed by atoms with Crippen LogP contribution in [0.1, 0.15) is 23.7 Å². The van der Waals surface area contributed by atoms with Crippen molar-refractivity contribution in [3.05, 3.63) is 24.0 Å². The summed E-state index contributed by atoms with van der Waals surface area (Å²) in [4.78, 5) is 11.5. The highest BCUT2D eigenvalue weighted by molar-refractivity contribution is 7.99. The predicted molar refractivity (Wildman–Crippen MR) is 57.4 cm³/mol. The maximum Gasteiger partial charge on any atom is 0.174 e. The highest BCUT2D eigenvalue weighted by atomic mass is 32.2. The van der Waals surface area contributed by atoms with E-state index in [1.165, 1.54) is 0 Å². The Kier molecular flexibility index (Phi) is 4.09. The van der Waals surface area contributed by atoms with Crippen LogP contribution in [-0.4, -0.2) is 21.9 Å². The molecule has 0 spiro atoms. The van der Waals surface area contributed by atoms with E-state index in [0.29, 0.717) is 5.75 Å². The van der Waals surface area contributed by atoms with E-state index in [1.807, 2.05) is 30.1 Å². The molecule has 0 bridgehead atoms. The number of Topliss-reactive ketones (excluding diaryl/α,β-unsaturated/α-hetero) is 1. The highest BCUT2D eigenvalue weighted by Crippen LogP contribution is 2.08. The van der Waals surface area contributed by atoms with E-state index in [1.54, 1.807) is 11.8 Å². The van der Waals surface area contributed by atoms with Gasteiger partial charge in [-0.15, -0.1) is 0 Å². The van der Waals surface area contributed by atoms with E-state index >= 15 is 0 Å². The smallest absolute Gasteiger partial charge is 0.174 e. The third kappa shape index (κ3) is 3.27. The minimum atomic E-state index is 0.235. The van der Waals surface area contributed by atoms with Gasteiger partial charge in [0.05, 0.1) is 5.75 Å². The Bertz CT molecular complexity index is 280. The van der Waals surface area contributed by atoms with Crippen molar-refractivity contribution in [3.8, 4) is 0 Å². The minimum Gasteiger partial charge on any atom is -0.357 e. The van der Waals surface area contributed by atoms with Gasteiger partial charge in [-0.3, -0.25) is 4.79 Å². The van der Waals surface area contributed by atoms with Crippen molar-refractivity contribution < 1.29 is 4.79 Å². The molecule has 0 saturated heterocycles. The molecule has 0 amide bonds. The molecule has 0 fully saturated rings. The number of thioether (sulfide) groups is 1. The second kappa shape index (κ2) is 5.12. The van der Waals surface area contributed by atoms with Gasteiger partial charge in [0, 0.05) is 25.0 Å². The Labute approximate surface area is 83.3 Å². The van der Waals surface area contributed by atoms with E-state index in [4.69, 9.17) is 0 Å². The number of hydrogen-bond acceptors (Lipinski definition) is 2. The molecule has 72 valence electrons. The Morgan fingerprint density at radius 3 is 2.92 bits per heavy atom. The molecule has 13 heavy (non-hydrogen) atoms. The monoisotopic (exact) mass is 197 g/mol. The molecule has 0 N–H and O–H groups in total. The Morgan fingerprint density at radius 1 is 1.62 bits per heavy atom. The van der Waals surface area contributed by atoms with Crippen molar-refractivity contribution in [3.63, 3.8) is 0 Å². The molecule has 0 radical (unpaired) electrons. The van der Waals surface area contributed by atoms with Gasteiger partial charge in [0.2, 0.25) is 0 Å². The first-order valence-corrected chi connectivity index (χ1v) is 5.62. The molecule has 1 heterocycles. The molecule has 1 rings (SSSR count). The maximum absolute atomic E-state index is 11.5. The molecular formula is C10H15NOS. The molecular weight excluding hydrogens is 182 g/mol. The number of nitrogens with zero attached hydrogens (tertiary/aromatic N) is 1. The Morgan fingerprint density at radius 2 is 2.38 bits per heavy atom. The highest BCUT2D eigenvalue weighted by Gasteiger charge is 2.05. The fourth-order valence-corrected chi connectivity index (χ4v) is 1.85. The lowest BCUT2D eigenvalue weighted by Gasteiger charge is -1.96. The van der Waals surface area contributed by atoms with E-state index < -0.39 is 0 Å². The van der Waals surface area contributed by atoms with Gasteiger partial charge in [-0.25, -0.2) is 0 Å². The summed E-state index contributed by atoms with van der Waals surface area (Å²) < 4.78 is 1.90. The van der Waals surface area contributed by atoms with Crippen molar-refractivity contribution in [2.75, 3.05) is 11.5 Å². The number of carbonyl (C=O) groups excluding carboxylic acids is 1. The van der Waals surface area contributed by atoms with Crippen LogP contribution >= 0.6 is 11.8 Å². The molecule has 0 aromatic carbocycles. The van der Waals surface area contributed by atoms with Crippen LogP contribution in [0.2, 0.25) is 0 Å². The van der Waals surface area contributed by atoms with Crippen LogP contribution in [0.25, 0.3) is 0 Å². The van der Waals surface area contributed by atoms with Gasteiger partial charge in [-0.05, 0) is 18.2 Å². The lowest BCUT2D eigenvalue weighted by atomic mass is 10.2. The van der Waals surface area contributed by atoms with Gasteiger partial charge in [0.15, 0.2) is 5.78 Å². The summed E-state index contributed by atoms with van der Waals surface area (Å²) in [5.41, 5.74) is 0.825. The molecule has 0 saturated carbocycles. The topological polar surface area (TPSA) is 22.0 Å². The summed E-state index contributed by atoms with van der Waals surface area (Å²) in [6, 6.07) is 1.87. The van der Waals surface area contributed by atoms with Crippen molar-refractivity contribution in [1.82, 2.24) is 4.57 Å². The summed E-state index contributed by atoms with van der Waals surface area (Å²) in [6.07, 6.45) is 4.90. The lowest BCUT2D eigenvalue weighted by Crippen LogP contribution is -2.01. The Balaban J connectivity index is 2.40. The average Bonchev–Trinajstić information content (AvgIpc) is 2.52. The third-order valence-corrected chi connectivity index (χ3v) is 2.90. The van der Waals surface area contributed by atoms with Crippen LogP contribution in [0.5, 0.6) is 0 Å². The van der Waals surface area contributed by atoms with Gasteiger partial charge in [-0.1, -0.05) is 6.92 Å². The summed E-state index contributed by atoms with van der Waals surface area (Å²) in [5, 5.41) is 0. The number of aryl methyl sites for hydroxylation is 1. The largest absolute Gasteiger partial charge is 0.357 e.